The zero-order chi connectivity index (χ0) is 11.9. The summed E-state index contributed by atoms with van der Waals surface area (Å²) >= 11 is 0. The van der Waals surface area contributed by atoms with Crippen LogP contribution < -0.4 is 14.2 Å². The second-order valence-corrected chi connectivity index (χ2v) is 4.76. The van der Waals surface area contributed by atoms with E-state index in [4.69, 9.17) is 9.47 Å². The van der Waals surface area contributed by atoms with Crippen molar-refractivity contribution in [2.45, 2.75) is 4.90 Å². The van der Waals surface area contributed by atoms with Gasteiger partial charge in [0.15, 0.2) is 0 Å². The van der Waals surface area contributed by atoms with Crippen LogP contribution in [0.25, 0.3) is 0 Å². The summed E-state index contributed by atoms with van der Waals surface area (Å²) in [5, 5.41) is 0. The van der Waals surface area contributed by atoms with E-state index in [1.165, 1.54) is 26.4 Å². The van der Waals surface area contributed by atoms with E-state index < -0.39 is 15.9 Å². The van der Waals surface area contributed by atoms with Gasteiger partial charge in [-0.2, -0.15) is 0 Å². The number of fused-ring (bicyclic) bond motifs is 1. The monoisotopic (exact) mass is 243 g/mol. The number of hydrogen-bond acceptors (Lipinski definition) is 5. The molecule has 1 amide bonds. The molecule has 2 rings (SSSR count). The molecule has 7 heteroatoms. The molecule has 0 radical (unpaired) electrons. The molecule has 1 aliphatic rings. The molecule has 0 atom stereocenters. The third kappa shape index (κ3) is 1.40. The molecule has 0 aliphatic carbocycles. The largest absolute Gasteiger partial charge is 0.497 e. The molecular weight excluding hydrogens is 234 g/mol. The normalized spacial score (nSPS) is 16.5. The lowest BCUT2D eigenvalue weighted by Gasteiger charge is -2.07. The molecule has 0 unspecified atom stereocenters. The summed E-state index contributed by atoms with van der Waals surface area (Å²) in [7, 11) is -1.06. The molecule has 1 N–H and O–H groups in total. The Morgan fingerprint density at radius 3 is 2.44 bits per heavy atom. The Labute approximate surface area is 92.2 Å². The summed E-state index contributed by atoms with van der Waals surface area (Å²) in [6, 6.07) is 2.77. The number of nitrogens with one attached hydrogen (secondary N) is 1. The Bertz CT molecular complexity index is 564. The summed E-state index contributed by atoms with van der Waals surface area (Å²) in [4.78, 5) is 11.3. The van der Waals surface area contributed by atoms with Crippen LogP contribution in [0.5, 0.6) is 11.5 Å². The first-order chi connectivity index (χ1) is 7.49. The van der Waals surface area contributed by atoms with Gasteiger partial charge >= 0.3 is 0 Å². The number of methoxy groups -OCH3 is 2. The van der Waals surface area contributed by atoms with E-state index in [0.29, 0.717) is 5.75 Å². The SMILES string of the molecule is COc1cc(OC)c2c(c1)C(=O)NS2(=O)=O. The lowest BCUT2D eigenvalue weighted by Crippen LogP contribution is -2.20. The molecule has 1 aromatic carbocycles. The average Bonchev–Trinajstić information content (AvgIpc) is 2.48. The van der Waals surface area contributed by atoms with Crippen LogP contribution in [0.3, 0.4) is 0 Å². The maximum absolute atomic E-state index is 11.6. The first kappa shape index (κ1) is 10.7. The number of benzene rings is 1. The summed E-state index contributed by atoms with van der Waals surface area (Å²) in [6.45, 7) is 0. The van der Waals surface area contributed by atoms with Crippen molar-refractivity contribution in [3.05, 3.63) is 17.7 Å². The Morgan fingerprint density at radius 2 is 1.88 bits per heavy atom. The molecule has 86 valence electrons. The predicted molar refractivity (Wildman–Crippen MR) is 54.2 cm³/mol. The second-order valence-electron chi connectivity index (χ2n) is 3.14. The van der Waals surface area contributed by atoms with E-state index in [9.17, 15) is 13.2 Å². The number of carbonyl (C=O) groups is 1. The highest BCUT2D eigenvalue weighted by atomic mass is 32.2. The minimum absolute atomic E-state index is 0.0381. The highest BCUT2D eigenvalue weighted by Crippen LogP contribution is 2.35. The number of carbonyl (C=O) groups excluding carboxylic acids is 1. The zero-order valence-corrected chi connectivity index (χ0v) is 9.42. The molecule has 6 nitrogen and oxygen atoms in total. The van der Waals surface area contributed by atoms with Crippen LogP contribution in [-0.2, 0) is 10.0 Å². The molecule has 0 fully saturated rings. The minimum atomic E-state index is -3.80. The highest BCUT2D eigenvalue weighted by Gasteiger charge is 2.36. The lowest BCUT2D eigenvalue weighted by molar-refractivity contribution is 0.0984. The minimum Gasteiger partial charge on any atom is -0.497 e. The molecule has 16 heavy (non-hydrogen) atoms. The standard InChI is InChI=1S/C9H9NO5S/c1-14-5-3-6-8(7(4-5)15-2)16(12,13)10-9(6)11/h3-4H,1-2H3,(H,10,11). The van der Waals surface area contributed by atoms with Crippen LogP contribution >= 0.6 is 0 Å². The molecule has 0 bridgehead atoms. The van der Waals surface area contributed by atoms with Crippen molar-refractivity contribution in [2.24, 2.45) is 0 Å². The van der Waals surface area contributed by atoms with Crippen LogP contribution in [0.1, 0.15) is 10.4 Å². The first-order valence-electron chi connectivity index (χ1n) is 4.33. The summed E-state index contributed by atoms with van der Waals surface area (Å²) < 4.78 is 34.9. The van der Waals surface area contributed by atoms with Crippen molar-refractivity contribution < 1.29 is 22.7 Å². The molecule has 1 heterocycles. The maximum atomic E-state index is 11.6. The number of sulfonamides is 1. The number of amides is 1. The van der Waals surface area contributed by atoms with Gasteiger partial charge in [-0.3, -0.25) is 4.79 Å². The average molecular weight is 243 g/mol. The molecule has 1 aliphatic heterocycles. The van der Waals surface area contributed by atoms with E-state index in [0.717, 1.165) is 0 Å². The topological polar surface area (TPSA) is 81.7 Å². The van der Waals surface area contributed by atoms with Crippen LogP contribution in [-0.4, -0.2) is 28.5 Å². The molecule has 0 aromatic heterocycles. The van der Waals surface area contributed by atoms with E-state index in [2.05, 4.69) is 0 Å². The Hall–Kier alpha value is -1.76. The first-order valence-corrected chi connectivity index (χ1v) is 5.81. The van der Waals surface area contributed by atoms with Crippen LogP contribution in [0.2, 0.25) is 0 Å². The predicted octanol–water partition coefficient (Wildman–Crippen LogP) is 0.136. The Balaban J connectivity index is 2.79. The second kappa shape index (κ2) is 3.38. The summed E-state index contributed by atoms with van der Waals surface area (Å²) in [5.74, 6) is -0.220. The molecule has 0 spiro atoms. The van der Waals surface area contributed by atoms with Crippen LogP contribution in [0.4, 0.5) is 0 Å². The van der Waals surface area contributed by atoms with Gasteiger partial charge in [0.2, 0.25) is 0 Å². The molecule has 1 aromatic rings. The van der Waals surface area contributed by atoms with Crippen molar-refractivity contribution >= 4 is 15.9 Å². The Kier molecular flexibility index (Phi) is 2.27. The zero-order valence-electron chi connectivity index (χ0n) is 8.60. The van der Waals surface area contributed by atoms with E-state index in [1.807, 2.05) is 4.72 Å². The summed E-state index contributed by atoms with van der Waals surface area (Å²) in [6.07, 6.45) is 0. The third-order valence-corrected chi connectivity index (χ3v) is 3.64. The van der Waals surface area contributed by atoms with Gasteiger partial charge in [0.25, 0.3) is 15.9 Å². The Morgan fingerprint density at radius 1 is 1.19 bits per heavy atom. The van der Waals surface area contributed by atoms with Crippen molar-refractivity contribution in [1.29, 1.82) is 0 Å². The highest BCUT2D eigenvalue weighted by molar-refractivity contribution is 7.90. The van der Waals surface area contributed by atoms with E-state index in [1.54, 1.807) is 0 Å². The molecule has 0 saturated carbocycles. The fraction of sp³-hybridized carbons (Fsp3) is 0.222. The number of rotatable bonds is 2. The van der Waals surface area contributed by atoms with Crippen LogP contribution in [0, 0.1) is 0 Å². The lowest BCUT2D eigenvalue weighted by atomic mass is 10.2. The van der Waals surface area contributed by atoms with Crippen LogP contribution in [0.15, 0.2) is 17.0 Å². The quantitative estimate of drug-likeness (QED) is 0.798. The van der Waals surface area contributed by atoms with Crippen molar-refractivity contribution in [3.8, 4) is 11.5 Å². The third-order valence-electron chi connectivity index (χ3n) is 2.22. The summed E-state index contributed by atoms with van der Waals surface area (Å²) in [5.41, 5.74) is 0.0381. The molecule has 0 saturated heterocycles. The molecular formula is C9H9NO5S. The van der Waals surface area contributed by atoms with Gasteiger partial charge in [-0.1, -0.05) is 0 Å². The van der Waals surface area contributed by atoms with Crippen molar-refractivity contribution in [3.63, 3.8) is 0 Å². The van der Waals surface area contributed by atoms with Crippen molar-refractivity contribution in [2.75, 3.05) is 14.2 Å². The number of ether oxygens (including phenoxy) is 2. The van der Waals surface area contributed by atoms with Gasteiger partial charge < -0.3 is 9.47 Å². The van der Waals surface area contributed by atoms with Gasteiger partial charge in [-0.05, 0) is 6.07 Å². The fourth-order valence-electron chi connectivity index (χ4n) is 1.52. The van der Waals surface area contributed by atoms with Gasteiger partial charge in [-0.25, -0.2) is 13.1 Å². The van der Waals surface area contributed by atoms with E-state index in [-0.39, 0.29) is 16.2 Å². The number of hydrogen-bond donors (Lipinski definition) is 1. The smallest absolute Gasteiger partial charge is 0.268 e. The van der Waals surface area contributed by atoms with Gasteiger partial charge in [0.05, 0.1) is 19.8 Å². The van der Waals surface area contributed by atoms with Gasteiger partial charge in [0, 0.05) is 6.07 Å². The van der Waals surface area contributed by atoms with Crippen molar-refractivity contribution in [1.82, 2.24) is 4.72 Å². The van der Waals surface area contributed by atoms with E-state index >= 15 is 0 Å². The van der Waals surface area contributed by atoms with Gasteiger partial charge in [-0.15, -0.1) is 0 Å². The fourth-order valence-corrected chi connectivity index (χ4v) is 2.82. The van der Waals surface area contributed by atoms with Gasteiger partial charge in [0.1, 0.15) is 16.4 Å². The maximum Gasteiger partial charge on any atom is 0.268 e.